The van der Waals surface area contributed by atoms with E-state index in [4.69, 9.17) is 21.0 Å². The number of aliphatic imine (C=N–C) groups is 1. The van der Waals surface area contributed by atoms with E-state index in [9.17, 15) is 0 Å². The van der Waals surface area contributed by atoms with Crippen molar-refractivity contribution in [2.24, 2.45) is 4.99 Å². The minimum absolute atomic E-state index is 0.434. The molecular formula is C19H24ClN7OS. The fraction of sp³-hybridized carbons (Fsp3) is 0.421. The van der Waals surface area contributed by atoms with E-state index in [0.29, 0.717) is 24.0 Å². The number of thiophene rings is 1. The number of halogens is 1. The van der Waals surface area contributed by atoms with Crippen LogP contribution in [0.15, 0.2) is 39.9 Å². The smallest absolute Gasteiger partial charge is 0.216 e. The highest BCUT2D eigenvalue weighted by atomic mass is 35.5. The van der Waals surface area contributed by atoms with Gasteiger partial charge in [-0.1, -0.05) is 11.6 Å². The van der Waals surface area contributed by atoms with Crippen LogP contribution in [-0.4, -0.2) is 63.7 Å². The van der Waals surface area contributed by atoms with Crippen molar-refractivity contribution in [2.45, 2.75) is 20.0 Å². The highest BCUT2D eigenvalue weighted by Gasteiger charge is 2.20. The van der Waals surface area contributed by atoms with Crippen LogP contribution in [0, 0.1) is 0 Å². The predicted molar refractivity (Wildman–Crippen MR) is 115 cm³/mol. The number of aromatic amines is 1. The number of hydrogen-bond donors (Lipinski definition) is 2. The second kappa shape index (κ2) is 9.43. The molecule has 3 aromatic heterocycles. The zero-order chi connectivity index (χ0) is 20.1. The maximum absolute atomic E-state index is 6.04. The normalized spacial score (nSPS) is 15.8. The van der Waals surface area contributed by atoms with E-state index >= 15 is 0 Å². The third-order valence-electron chi connectivity index (χ3n) is 4.67. The molecule has 154 valence electrons. The van der Waals surface area contributed by atoms with Gasteiger partial charge in [0.05, 0.1) is 10.6 Å². The van der Waals surface area contributed by atoms with E-state index in [1.165, 1.54) is 4.88 Å². The number of H-pyrrole nitrogens is 1. The monoisotopic (exact) mass is 433 g/mol. The Morgan fingerprint density at radius 1 is 1.31 bits per heavy atom. The van der Waals surface area contributed by atoms with Gasteiger partial charge in [0.25, 0.3) is 0 Å². The van der Waals surface area contributed by atoms with Crippen molar-refractivity contribution < 1.29 is 4.42 Å². The van der Waals surface area contributed by atoms with Gasteiger partial charge in [0, 0.05) is 44.1 Å². The number of nitrogens with zero attached hydrogens (tertiary/aromatic N) is 5. The van der Waals surface area contributed by atoms with Gasteiger partial charge >= 0.3 is 0 Å². The van der Waals surface area contributed by atoms with E-state index in [0.717, 1.165) is 49.6 Å². The van der Waals surface area contributed by atoms with Crippen molar-refractivity contribution in [3.05, 3.63) is 45.6 Å². The highest BCUT2D eigenvalue weighted by molar-refractivity contribution is 7.16. The molecule has 29 heavy (non-hydrogen) atoms. The lowest BCUT2D eigenvalue weighted by Crippen LogP contribution is -2.52. The molecule has 1 aliphatic heterocycles. The number of guanidine groups is 1. The van der Waals surface area contributed by atoms with Crippen LogP contribution in [0.1, 0.15) is 17.6 Å². The standard InChI is InChI=1S/C19H24ClN7OS/c1-2-21-19(22-12-17-23-18(25-24-17)15-4-3-11-28-15)27-9-7-26(8-10-27)13-14-5-6-16(20)29-14/h3-6,11H,2,7-10,12-13H2,1H3,(H,21,22)(H,23,24,25). The molecule has 0 aromatic carbocycles. The molecule has 4 rings (SSSR count). The molecule has 0 unspecified atom stereocenters. The fourth-order valence-electron chi connectivity index (χ4n) is 3.23. The Labute approximate surface area is 178 Å². The van der Waals surface area contributed by atoms with Crippen molar-refractivity contribution in [1.29, 1.82) is 0 Å². The first-order valence-corrected chi connectivity index (χ1v) is 10.9. The first kappa shape index (κ1) is 19.9. The molecule has 1 saturated heterocycles. The average Bonchev–Trinajstić information content (AvgIpc) is 3.48. The predicted octanol–water partition coefficient (Wildman–Crippen LogP) is 3.06. The fourth-order valence-corrected chi connectivity index (χ4v) is 4.36. The lowest BCUT2D eigenvalue weighted by atomic mass is 10.3. The molecule has 0 radical (unpaired) electrons. The van der Waals surface area contributed by atoms with E-state index in [2.05, 4.69) is 43.3 Å². The van der Waals surface area contributed by atoms with Crippen LogP contribution in [0.5, 0.6) is 0 Å². The average molecular weight is 434 g/mol. The van der Waals surface area contributed by atoms with Crippen molar-refractivity contribution in [3.8, 4) is 11.6 Å². The van der Waals surface area contributed by atoms with Crippen molar-refractivity contribution >= 4 is 28.9 Å². The van der Waals surface area contributed by atoms with Crippen LogP contribution >= 0.6 is 22.9 Å². The second-order valence-corrected chi connectivity index (χ2v) is 8.52. The van der Waals surface area contributed by atoms with E-state index in [-0.39, 0.29) is 0 Å². The molecule has 1 fully saturated rings. The summed E-state index contributed by atoms with van der Waals surface area (Å²) in [6, 6.07) is 7.73. The number of nitrogens with one attached hydrogen (secondary N) is 2. The number of hydrogen-bond acceptors (Lipinski definition) is 6. The minimum Gasteiger partial charge on any atom is -0.461 e. The summed E-state index contributed by atoms with van der Waals surface area (Å²) in [5.74, 6) is 2.81. The van der Waals surface area contributed by atoms with E-state index in [1.54, 1.807) is 17.6 Å². The van der Waals surface area contributed by atoms with Gasteiger partial charge in [-0.15, -0.1) is 16.4 Å². The summed E-state index contributed by atoms with van der Waals surface area (Å²) < 4.78 is 6.18. The van der Waals surface area contributed by atoms with Crippen molar-refractivity contribution in [2.75, 3.05) is 32.7 Å². The van der Waals surface area contributed by atoms with Crippen molar-refractivity contribution in [3.63, 3.8) is 0 Å². The van der Waals surface area contributed by atoms with Crippen LogP contribution in [-0.2, 0) is 13.1 Å². The Morgan fingerprint density at radius 2 is 2.17 bits per heavy atom. The van der Waals surface area contributed by atoms with E-state index in [1.807, 2.05) is 18.2 Å². The summed E-state index contributed by atoms with van der Waals surface area (Å²) in [5.41, 5.74) is 0. The van der Waals surface area contributed by atoms with Gasteiger partial charge in [0.15, 0.2) is 11.7 Å². The van der Waals surface area contributed by atoms with Gasteiger partial charge in [-0.25, -0.2) is 9.98 Å². The molecule has 8 nitrogen and oxygen atoms in total. The molecule has 0 bridgehead atoms. The highest BCUT2D eigenvalue weighted by Crippen LogP contribution is 2.23. The number of piperazine rings is 1. The summed E-state index contributed by atoms with van der Waals surface area (Å²) in [5, 5.41) is 10.5. The second-order valence-electron chi connectivity index (χ2n) is 6.72. The molecule has 0 saturated carbocycles. The first-order valence-electron chi connectivity index (χ1n) is 9.66. The van der Waals surface area contributed by atoms with Crippen LogP contribution < -0.4 is 5.32 Å². The van der Waals surface area contributed by atoms with E-state index < -0.39 is 0 Å². The largest absolute Gasteiger partial charge is 0.461 e. The third kappa shape index (κ3) is 5.17. The minimum atomic E-state index is 0.434. The van der Waals surface area contributed by atoms with Gasteiger partial charge in [-0.05, 0) is 31.2 Å². The Kier molecular flexibility index (Phi) is 6.48. The molecule has 4 heterocycles. The summed E-state index contributed by atoms with van der Waals surface area (Å²) in [6.45, 7) is 8.13. The summed E-state index contributed by atoms with van der Waals surface area (Å²) in [7, 11) is 0. The topological polar surface area (TPSA) is 85.6 Å². The molecule has 2 N–H and O–H groups in total. The first-order chi connectivity index (χ1) is 14.2. The van der Waals surface area contributed by atoms with Crippen LogP contribution in [0.3, 0.4) is 0 Å². The van der Waals surface area contributed by atoms with Crippen LogP contribution in [0.2, 0.25) is 4.34 Å². The summed E-state index contributed by atoms with van der Waals surface area (Å²) in [6.07, 6.45) is 1.61. The molecular weight excluding hydrogens is 410 g/mol. The van der Waals surface area contributed by atoms with Gasteiger partial charge in [0.1, 0.15) is 12.4 Å². The maximum atomic E-state index is 6.04. The Hall–Kier alpha value is -2.36. The Bertz CT molecular complexity index is 928. The number of rotatable bonds is 6. The molecule has 1 aliphatic rings. The SMILES string of the molecule is CCNC(=NCc1nc(-c2ccco2)n[nH]1)N1CCN(Cc2ccc(Cl)s2)CC1. The molecule has 0 atom stereocenters. The maximum Gasteiger partial charge on any atom is 0.216 e. The number of furan rings is 1. The van der Waals surface area contributed by atoms with Gasteiger partial charge in [0.2, 0.25) is 5.82 Å². The molecule has 0 aliphatic carbocycles. The summed E-state index contributed by atoms with van der Waals surface area (Å²) in [4.78, 5) is 15.3. The van der Waals surface area contributed by atoms with Gasteiger partial charge in [-0.2, -0.15) is 0 Å². The lowest BCUT2D eigenvalue weighted by molar-refractivity contribution is 0.173. The van der Waals surface area contributed by atoms with Crippen LogP contribution in [0.25, 0.3) is 11.6 Å². The van der Waals surface area contributed by atoms with Crippen molar-refractivity contribution in [1.82, 2.24) is 30.3 Å². The van der Waals surface area contributed by atoms with Gasteiger partial charge < -0.3 is 14.6 Å². The third-order valence-corrected chi connectivity index (χ3v) is 5.88. The zero-order valence-corrected chi connectivity index (χ0v) is 17.8. The van der Waals surface area contributed by atoms with Crippen LogP contribution in [0.4, 0.5) is 0 Å². The lowest BCUT2D eigenvalue weighted by Gasteiger charge is -2.36. The Balaban J connectivity index is 1.34. The Morgan fingerprint density at radius 3 is 2.86 bits per heavy atom. The quantitative estimate of drug-likeness (QED) is 0.459. The van der Waals surface area contributed by atoms with Gasteiger partial charge in [-0.3, -0.25) is 10.00 Å². The molecule has 10 heteroatoms. The molecule has 3 aromatic rings. The number of aromatic nitrogens is 3. The summed E-state index contributed by atoms with van der Waals surface area (Å²) >= 11 is 7.70. The molecule has 0 amide bonds. The molecule has 0 spiro atoms. The zero-order valence-electron chi connectivity index (χ0n) is 16.3.